The lowest BCUT2D eigenvalue weighted by atomic mass is 10.1. The highest BCUT2D eigenvalue weighted by Crippen LogP contribution is 2.10. The van der Waals surface area contributed by atoms with Crippen LogP contribution in [0.5, 0.6) is 0 Å². The van der Waals surface area contributed by atoms with E-state index in [0.29, 0.717) is 36.5 Å². The SMILES string of the molecule is O=C1CCC(C(=O)NCCc2cccc(Cl)c2)=NN1. The fraction of sp³-hybridized carbons (Fsp3) is 0.308. The summed E-state index contributed by atoms with van der Waals surface area (Å²) >= 11 is 5.88. The minimum Gasteiger partial charge on any atom is -0.351 e. The number of nitrogens with zero attached hydrogens (tertiary/aromatic N) is 1. The number of hydrogen-bond acceptors (Lipinski definition) is 3. The summed E-state index contributed by atoms with van der Waals surface area (Å²) in [7, 11) is 0. The normalized spacial score (nSPS) is 14.6. The molecule has 100 valence electrons. The molecule has 0 radical (unpaired) electrons. The van der Waals surface area contributed by atoms with Crippen molar-refractivity contribution >= 4 is 29.1 Å². The van der Waals surface area contributed by atoms with Gasteiger partial charge in [-0.2, -0.15) is 5.10 Å². The fourth-order valence-electron chi connectivity index (χ4n) is 1.75. The number of amides is 2. The molecule has 2 rings (SSSR count). The molecule has 0 aromatic heterocycles. The molecule has 0 unspecified atom stereocenters. The van der Waals surface area contributed by atoms with Crippen LogP contribution >= 0.6 is 11.6 Å². The number of rotatable bonds is 4. The number of halogens is 1. The van der Waals surface area contributed by atoms with Crippen LogP contribution in [0.2, 0.25) is 5.02 Å². The van der Waals surface area contributed by atoms with Crippen LogP contribution in [-0.4, -0.2) is 24.1 Å². The van der Waals surface area contributed by atoms with Crippen LogP contribution in [0.15, 0.2) is 29.4 Å². The third kappa shape index (κ3) is 4.06. The first-order chi connectivity index (χ1) is 9.15. The molecule has 6 heteroatoms. The van der Waals surface area contributed by atoms with Gasteiger partial charge < -0.3 is 5.32 Å². The molecule has 5 nitrogen and oxygen atoms in total. The Labute approximate surface area is 116 Å². The Bertz CT molecular complexity index is 528. The maximum absolute atomic E-state index is 11.7. The van der Waals surface area contributed by atoms with Crippen molar-refractivity contribution in [1.82, 2.24) is 10.7 Å². The summed E-state index contributed by atoms with van der Waals surface area (Å²) in [6, 6.07) is 7.51. The first-order valence-electron chi connectivity index (χ1n) is 6.03. The Morgan fingerprint density at radius 1 is 1.42 bits per heavy atom. The molecule has 0 saturated carbocycles. The number of carbonyl (C=O) groups is 2. The largest absolute Gasteiger partial charge is 0.351 e. The molecule has 1 aliphatic heterocycles. The molecule has 2 amide bonds. The Hall–Kier alpha value is -1.88. The van der Waals surface area contributed by atoms with E-state index in [9.17, 15) is 9.59 Å². The van der Waals surface area contributed by atoms with E-state index in [4.69, 9.17) is 11.6 Å². The van der Waals surface area contributed by atoms with Gasteiger partial charge in [0, 0.05) is 24.4 Å². The highest BCUT2D eigenvalue weighted by Gasteiger charge is 2.17. The highest BCUT2D eigenvalue weighted by molar-refractivity contribution is 6.39. The van der Waals surface area contributed by atoms with Crippen molar-refractivity contribution in [1.29, 1.82) is 0 Å². The van der Waals surface area contributed by atoms with Gasteiger partial charge in [-0.05, 0) is 24.1 Å². The summed E-state index contributed by atoms with van der Waals surface area (Å²) in [4.78, 5) is 22.6. The Morgan fingerprint density at radius 2 is 2.26 bits per heavy atom. The Kier molecular flexibility index (Phi) is 4.52. The quantitative estimate of drug-likeness (QED) is 0.871. The maximum atomic E-state index is 11.7. The topological polar surface area (TPSA) is 70.6 Å². The standard InChI is InChI=1S/C13H14ClN3O2/c14-10-3-1-2-9(8-10)6-7-15-13(19)11-4-5-12(18)17-16-11/h1-3,8H,4-7H2,(H,15,19)(H,17,18). The molecule has 0 bridgehead atoms. The third-order valence-corrected chi connectivity index (χ3v) is 2.99. The van der Waals surface area contributed by atoms with Gasteiger partial charge in [-0.25, -0.2) is 5.43 Å². The summed E-state index contributed by atoms with van der Waals surface area (Å²) in [6.07, 6.45) is 1.39. The summed E-state index contributed by atoms with van der Waals surface area (Å²) in [5.41, 5.74) is 3.73. The smallest absolute Gasteiger partial charge is 0.267 e. The van der Waals surface area contributed by atoms with E-state index < -0.39 is 0 Å². The average Bonchev–Trinajstić information content (AvgIpc) is 2.39. The van der Waals surface area contributed by atoms with Gasteiger partial charge in [0.2, 0.25) is 5.91 Å². The van der Waals surface area contributed by atoms with Crippen molar-refractivity contribution in [2.24, 2.45) is 5.10 Å². The number of nitrogens with one attached hydrogen (secondary N) is 2. The predicted molar refractivity (Wildman–Crippen MR) is 73.0 cm³/mol. The summed E-state index contributed by atoms with van der Waals surface area (Å²) < 4.78 is 0. The monoisotopic (exact) mass is 279 g/mol. The van der Waals surface area contributed by atoms with E-state index in [-0.39, 0.29) is 11.8 Å². The maximum Gasteiger partial charge on any atom is 0.267 e. The Morgan fingerprint density at radius 3 is 2.95 bits per heavy atom. The second kappa shape index (κ2) is 6.33. The first-order valence-corrected chi connectivity index (χ1v) is 6.41. The molecule has 0 saturated heterocycles. The number of benzene rings is 1. The van der Waals surface area contributed by atoms with Crippen LogP contribution in [0.25, 0.3) is 0 Å². The van der Waals surface area contributed by atoms with Crippen molar-refractivity contribution in [3.8, 4) is 0 Å². The highest BCUT2D eigenvalue weighted by atomic mass is 35.5. The van der Waals surface area contributed by atoms with Crippen LogP contribution < -0.4 is 10.7 Å². The van der Waals surface area contributed by atoms with E-state index in [1.54, 1.807) is 0 Å². The van der Waals surface area contributed by atoms with Crippen molar-refractivity contribution in [3.05, 3.63) is 34.9 Å². The molecule has 2 N–H and O–H groups in total. The summed E-state index contributed by atoms with van der Waals surface area (Å²) in [6.45, 7) is 0.506. The third-order valence-electron chi connectivity index (χ3n) is 2.75. The van der Waals surface area contributed by atoms with Crippen molar-refractivity contribution in [2.75, 3.05) is 6.54 Å². The lowest BCUT2D eigenvalue weighted by Gasteiger charge is -2.11. The van der Waals surface area contributed by atoms with Gasteiger partial charge >= 0.3 is 0 Å². The van der Waals surface area contributed by atoms with E-state index in [1.165, 1.54) is 0 Å². The second-order valence-electron chi connectivity index (χ2n) is 4.23. The minimum atomic E-state index is -0.234. The molecule has 1 aromatic carbocycles. The second-order valence-corrected chi connectivity index (χ2v) is 4.67. The Balaban J connectivity index is 1.79. The van der Waals surface area contributed by atoms with Crippen LogP contribution in [0.1, 0.15) is 18.4 Å². The molecular weight excluding hydrogens is 266 g/mol. The van der Waals surface area contributed by atoms with Gasteiger partial charge in [0.15, 0.2) is 0 Å². The molecule has 1 heterocycles. The van der Waals surface area contributed by atoms with Gasteiger partial charge in [0.05, 0.1) is 0 Å². The summed E-state index contributed by atoms with van der Waals surface area (Å²) in [5.74, 6) is -0.391. The van der Waals surface area contributed by atoms with Crippen LogP contribution in [0, 0.1) is 0 Å². The predicted octanol–water partition coefficient (Wildman–Crippen LogP) is 1.26. The fourth-order valence-corrected chi connectivity index (χ4v) is 1.97. The van der Waals surface area contributed by atoms with Crippen molar-refractivity contribution < 1.29 is 9.59 Å². The zero-order chi connectivity index (χ0) is 13.7. The van der Waals surface area contributed by atoms with Crippen molar-refractivity contribution in [3.63, 3.8) is 0 Å². The van der Waals surface area contributed by atoms with E-state index in [0.717, 1.165) is 5.56 Å². The zero-order valence-corrected chi connectivity index (χ0v) is 11.0. The van der Waals surface area contributed by atoms with Gasteiger partial charge in [0.25, 0.3) is 5.91 Å². The molecule has 0 fully saturated rings. The first kappa shape index (κ1) is 13.5. The zero-order valence-electron chi connectivity index (χ0n) is 10.3. The van der Waals surface area contributed by atoms with E-state index in [2.05, 4.69) is 15.8 Å². The number of hydrazone groups is 1. The molecule has 19 heavy (non-hydrogen) atoms. The van der Waals surface area contributed by atoms with Crippen LogP contribution in [-0.2, 0) is 16.0 Å². The summed E-state index contributed by atoms with van der Waals surface area (Å²) in [5, 5.41) is 7.19. The van der Waals surface area contributed by atoms with E-state index in [1.807, 2.05) is 24.3 Å². The number of hydrogen-bond donors (Lipinski definition) is 2. The molecular formula is C13H14ClN3O2. The molecule has 1 aliphatic rings. The van der Waals surface area contributed by atoms with Crippen LogP contribution in [0.3, 0.4) is 0 Å². The minimum absolute atomic E-state index is 0.157. The van der Waals surface area contributed by atoms with Crippen LogP contribution in [0.4, 0.5) is 0 Å². The molecule has 0 atom stereocenters. The van der Waals surface area contributed by atoms with Gasteiger partial charge in [-0.3, -0.25) is 9.59 Å². The average molecular weight is 280 g/mol. The van der Waals surface area contributed by atoms with Gasteiger partial charge in [-0.1, -0.05) is 23.7 Å². The molecule has 0 spiro atoms. The van der Waals surface area contributed by atoms with Gasteiger partial charge in [-0.15, -0.1) is 0 Å². The van der Waals surface area contributed by atoms with Gasteiger partial charge in [0.1, 0.15) is 5.71 Å². The lowest BCUT2D eigenvalue weighted by molar-refractivity contribution is -0.121. The molecule has 1 aromatic rings. The molecule has 0 aliphatic carbocycles. The van der Waals surface area contributed by atoms with Crippen molar-refractivity contribution in [2.45, 2.75) is 19.3 Å². The number of carbonyl (C=O) groups excluding carboxylic acids is 2. The van der Waals surface area contributed by atoms with E-state index >= 15 is 0 Å². The lowest BCUT2D eigenvalue weighted by Crippen LogP contribution is -2.37.